The number of anilines is 1. The Kier molecular flexibility index (Phi) is 2.96. The van der Waals surface area contributed by atoms with E-state index in [0.29, 0.717) is 5.82 Å². The summed E-state index contributed by atoms with van der Waals surface area (Å²) < 4.78 is 3.64. The second-order valence-electron chi connectivity index (χ2n) is 3.81. The molecule has 2 aromatic heterocycles. The first-order valence-electron chi connectivity index (χ1n) is 5.22. The van der Waals surface area contributed by atoms with Crippen LogP contribution >= 0.6 is 0 Å². The van der Waals surface area contributed by atoms with Crippen LogP contribution in [0.3, 0.4) is 0 Å². The van der Waals surface area contributed by atoms with Crippen molar-refractivity contribution in [2.75, 3.05) is 5.32 Å². The van der Waals surface area contributed by atoms with Crippen molar-refractivity contribution >= 4 is 5.82 Å². The second-order valence-corrected chi connectivity index (χ2v) is 3.81. The molecule has 1 N–H and O–H groups in total. The van der Waals surface area contributed by atoms with Gasteiger partial charge in [-0.3, -0.25) is 14.0 Å². The quantitative estimate of drug-likeness (QED) is 0.692. The molecule has 0 aliphatic rings. The predicted molar refractivity (Wildman–Crippen MR) is 63.0 cm³/mol. The zero-order valence-electron chi connectivity index (χ0n) is 10.3. The molecule has 18 heavy (non-hydrogen) atoms. The maximum Gasteiger partial charge on any atom is 0.346 e. The maximum absolute atomic E-state index is 11.7. The normalized spacial score (nSPS) is 10.6. The van der Waals surface area contributed by atoms with Gasteiger partial charge in [0.15, 0.2) is 5.82 Å². The molecule has 0 saturated carbocycles. The van der Waals surface area contributed by atoms with Gasteiger partial charge in [-0.25, -0.2) is 14.5 Å². The first kappa shape index (κ1) is 12.0. The largest absolute Gasteiger partial charge is 0.357 e. The van der Waals surface area contributed by atoms with Crippen molar-refractivity contribution < 1.29 is 0 Å². The third-order valence-corrected chi connectivity index (χ3v) is 2.38. The van der Waals surface area contributed by atoms with Gasteiger partial charge in [0, 0.05) is 21.1 Å². The van der Waals surface area contributed by atoms with Gasteiger partial charge < -0.3 is 5.32 Å². The Morgan fingerprint density at radius 3 is 2.56 bits per heavy atom. The van der Waals surface area contributed by atoms with E-state index >= 15 is 0 Å². The molecule has 0 fully saturated rings. The molecule has 9 heteroatoms. The fourth-order valence-electron chi connectivity index (χ4n) is 1.44. The Morgan fingerprint density at radius 2 is 1.94 bits per heavy atom. The van der Waals surface area contributed by atoms with Crippen LogP contribution in [0.2, 0.25) is 0 Å². The lowest BCUT2D eigenvalue weighted by molar-refractivity contribution is 0.603. The summed E-state index contributed by atoms with van der Waals surface area (Å²) in [6.45, 7) is 0.265. The van der Waals surface area contributed by atoms with Gasteiger partial charge in [0.05, 0.1) is 6.54 Å². The van der Waals surface area contributed by atoms with E-state index in [-0.39, 0.29) is 12.4 Å². The van der Waals surface area contributed by atoms with Crippen LogP contribution in [0.4, 0.5) is 5.82 Å². The summed E-state index contributed by atoms with van der Waals surface area (Å²) >= 11 is 0. The summed E-state index contributed by atoms with van der Waals surface area (Å²) in [6, 6.07) is 0. The number of hydrogen-bond donors (Lipinski definition) is 1. The number of nitrogens with zero attached hydrogens (tertiary/aromatic N) is 6. The SMILES string of the molecule is Cn1cnc(CNc2nn(C)c(=O)n(C)c2=O)n1. The average Bonchev–Trinajstić information content (AvgIpc) is 2.75. The van der Waals surface area contributed by atoms with E-state index < -0.39 is 11.2 Å². The van der Waals surface area contributed by atoms with Crippen LogP contribution in [0.5, 0.6) is 0 Å². The van der Waals surface area contributed by atoms with E-state index in [1.165, 1.54) is 14.1 Å². The lowest BCUT2D eigenvalue weighted by Gasteiger charge is -2.06. The van der Waals surface area contributed by atoms with Crippen LogP contribution in [0.15, 0.2) is 15.9 Å². The summed E-state index contributed by atoms with van der Waals surface area (Å²) in [5.41, 5.74) is -0.949. The lowest BCUT2D eigenvalue weighted by Crippen LogP contribution is -2.39. The van der Waals surface area contributed by atoms with Crippen molar-refractivity contribution in [2.45, 2.75) is 6.54 Å². The van der Waals surface area contributed by atoms with Crippen molar-refractivity contribution in [2.24, 2.45) is 21.1 Å². The van der Waals surface area contributed by atoms with Gasteiger partial charge in [0.2, 0.25) is 5.82 Å². The second kappa shape index (κ2) is 4.43. The molecular weight excluding hydrogens is 238 g/mol. The first-order chi connectivity index (χ1) is 8.49. The van der Waals surface area contributed by atoms with Gasteiger partial charge >= 0.3 is 5.69 Å². The fraction of sp³-hybridized carbons (Fsp3) is 0.444. The maximum atomic E-state index is 11.7. The third-order valence-electron chi connectivity index (χ3n) is 2.38. The smallest absolute Gasteiger partial charge is 0.346 e. The predicted octanol–water partition coefficient (Wildman–Crippen LogP) is -1.78. The van der Waals surface area contributed by atoms with Crippen molar-refractivity contribution in [3.63, 3.8) is 0 Å². The molecule has 0 radical (unpaired) electrons. The Morgan fingerprint density at radius 1 is 1.22 bits per heavy atom. The molecule has 9 nitrogen and oxygen atoms in total. The van der Waals surface area contributed by atoms with Crippen LogP contribution in [-0.4, -0.2) is 29.1 Å². The van der Waals surface area contributed by atoms with Crippen LogP contribution < -0.4 is 16.6 Å². The number of rotatable bonds is 3. The van der Waals surface area contributed by atoms with Gasteiger partial charge in [-0.2, -0.15) is 5.10 Å². The Bertz CT molecular complexity index is 681. The molecule has 0 aromatic carbocycles. The molecular formula is C9H13N7O2. The van der Waals surface area contributed by atoms with Gasteiger partial charge in [-0.05, 0) is 0 Å². The number of aromatic nitrogens is 6. The molecule has 0 atom stereocenters. The highest BCUT2D eigenvalue weighted by Gasteiger charge is 2.08. The van der Waals surface area contributed by atoms with E-state index in [1.54, 1.807) is 18.1 Å². The topological polar surface area (TPSA) is 99.6 Å². The minimum Gasteiger partial charge on any atom is -0.357 e. The van der Waals surface area contributed by atoms with Gasteiger partial charge in [-0.1, -0.05) is 0 Å². The number of nitrogens with one attached hydrogen (secondary N) is 1. The highest BCUT2D eigenvalue weighted by molar-refractivity contribution is 5.29. The fourth-order valence-corrected chi connectivity index (χ4v) is 1.44. The van der Waals surface area contributed by atoms with Crippen LogP contribution in [0, 0.1) is 0 Å². The van der Waals surface area contributed by atoms with Crippen molar-refractivity contribution in [3.05, 3.63) is 33.0 Å². The van der Waals surface area contributed by atoms with Crippen molar-refractivity contribution in [3.8, 4) is 0 Å². The molecule has 0 aliphatic carbocycles. The van der Waals surface area contributed by atoms with E-state index in [1.807, 2.05) is 0 Å². The summed E-state index contributed by atoms with van der Waals surface area (Å²) in [6.07, 6.45) is 1.56. The average molecular weight is 251 g/mol. The minimum absolute atomic E-state index is 0.0899. The Hall–Kier alpha value is -2.45. The molecule has 2 aromatic rings. The zero-order chi connectivity index (χ0) is 13.3. The molecule has 0 bridgehead atoms. The van der Waals surface area contributed by atoms with Crippen LogP contribution in [0.25, 0.3) is 0 Å². The van der Waals surface area contributed by atoms with E-state index in [9.17, 15) is 9.59 Å². The molecule has 2 heterocycles. The molecule has 2 rings (SSSR count). The Labute approximate surface area is 102 Å². The summed E-state index contributed by atoms with van der Waals surface area (Å²) in [7, 11) is 4.63. The van der Waals surface area contributed by atoms with Crippen LogP contribution in [0.1, 0.15) is 5.82 Å². The molecule has 0 saturated heterocycles. The summed E-state index contributed by atoms with van der Waals surface area (Å²) in [5, 5.41) is 10.7. The van der Waals surface area contributed by atoms with E-state index in [0.717, 1.165) is 9.25 Å². The molecule has 0 unspecified atom stereocenters. The monoisotopic (exact) mass is 251 g/mol. The Balaban J connectivity index is 2.25. The standard InChI is InChI=1S/C9H13N7O2/c1-14-5-11-6(12-14)4-10-7-8(17)15(2)9(18)16(3)13-7/h5H,4H2,1-3H3,(H,10,13). The number of hydrogen-bond acceptors (Lipinski definition) is 6. The molecule has 0 amide bonds. The highest BCUT2D eigenvalue weighted by Crippen LogP contribution is 1.94. The molecule has 0 spiro atoms. The highest BCUT2D eigenvalue weighted by atomic mass is 16.2. The van der Waals surface area contributed by atoms with Crippen molar-refractivity contribution in [1.82, 2.24) is 29.1 Å². The summed E-state index contributed by atoms with van der Waals surface area (Å²) in [4.78, 5) is 27.2. The van der Waals surface area contributed by atoms with E-state index in [4.69, 9.17) is 0 Å². The van der Waals surface area contributed by atoms with Gasteiger partial charge in [-0.15, -0.1) is 5.10 Å². The zero-order valence-corrected chi connectivity index (χ0v) is 10.3. The summed E-state index contributed by atoms with van der Waals surface area (Å²) in [5.74, 6) is 0.627. The molecule has 0 aliphatic heterocycles. The lowest BCUT2D eigenvalue weighted by atomic mass is 10.5. The van der Waals surface area contributed by atoms with Gasteiger partial charge in [0.1, 0.15) is 6.33 Å². The van der Waals surface area contributed by atoms with Crippen molar-refractivity contribution in [1.29, 1.82) is 0 Å². The van der Waals surface area contributed by atoms with E-state index in [2.05, 4.69) is 20.5 Å². The first-order valence-corrected chi connectivity index (χ1v) is 5.22. The minimum atomic E-state index is -0.478. The number of aryl methyl sites for hydroxylation is 2. The van der Waals surface area contributed by atoms with Gasteiger partial charge in [0.25, 0.3) is 5.56 Å². The molecule has 96 valence electrons. The third kappa shape index (κ3) is 2.14. The van der Waals surface area contributed by atoms with Crippen LogP contribution in [-0.2, 0) is 27.7 Å².